The van der Waals surface area contributed by atoms with E-state index in [1.165, 1.54) is 12.8 Å². The van der Waals surface area contributed by atoms with Crippen molar-refractivity contribution in [2.45, 2.75) is 44.1 Å². The second-order valence-electron chi connectivity index (χ2n) is 6.72. The highest BCUT2D eigenvalue weighted by molar-refractivity contribution is 5.94. The summed E-state index contributed by atoms with van der Waals surface area (Å²) >= 11 is 0. The molecule has 6 nitrogen and oxygen atoms in total. The number of nitrogens with zero attached hydrogens (tertiary/aromatic N) is 2. The average Bonchev–Trinajstić information content (AvgIpc) is 3.29. The first kappa shape index (κ1) is 16.0. The lowest BCUT2D eigenvalue weighted by atomic mass is 9.86. The van der Waals surface area contributed by atoms with Crippen molar-refractivity contribution in [3.05, 3.63) is 35.5 Å². The minimum absolute atomic E-state index is 0.0159. The Bertz CT molecular complexity index is 793. The summed E-state index contributed by atoms with van der Waals surface area (Å²) in [7, 11) is 3.26. The molecule has 1 aromatic heterocycles. The molecule has 1 amide bonds. The Hall–Kier alpha value is -2.50. The molecule has 2 aromatic rings. The fourth-order valence-corrected chi connectivity index (χ4v) is 4.13. The molecule has 6 heteroatoms. The molecule has 0 radical (unpaired) electrons. The molecule has 25 heavy (non-hydrogen) atoms. The van der Waals surface area contributed by atoms with Gasteiger partial charge < -0.3 is 14.8 Å². The minimum Gasteiger partial charge on any atom is -0.493 e. The van der Waals surface area contributed by atoms with Gasteiger partial charge in [0.2, 0.25) is 5.91 Å². The molecule has 1 aliphatic carbocycles. The van der Waals surface area contributed by atoms with E-state index >= 15 is 0 Å². The van der Waals surface area contributed by atoms with Gasteiger partial charge in [-0.1, -0.05) is 25.0 Å². The van der Waals surface area contributed by atoms with Gasteiger partial charge in [0.1, 0.15) is 5.82 Å². The van der Waals surface area contributed by atoms with E-state index in [9.17, 15) is 4.79 Å². The maximum atomic E-state index is 12.4. The lowest BCUT2D eigenvalue weighted by molar-refractivity contribution is -0.116. The third kappa shape index (κ3) is 2.65. The lowest BCUT2D eigenvalue weighted by Crippen LogP contribution is -2.26. The summed E-state index contributed by atoms with van der Waals surface area (Å²) in [5, 5.41) is 7.66. The van der Waals surface area contributed by atoms with Crippen LogP contribution in [0.25, 0.3) is 0 Å². The number of hydrogen-bond acceptors (Lipinski definition) is 4. The van der Waals surface area contributed by atoms with Gasteiger partial charge in [-0.05, 0) is 18.9 Å². The van der Waals surface area contributed by atoms with Crippen molar-refractivity contribution in [3.8, 4) is 11.5 Å². The number of carbonyl (C=O) groups is 1. The van der Waals surface area contributed by atoms with E-state index in [4.69, 9.17) is 9.47 Å². The van der Waals surface area contributed by atoms with E-state index in [-0.39, 0.29) is 11.8 Å². The number of methoxy groups -OCH3 is 2. The molecule has 1 unspecified atom stereocenters. The minimum atomic E-state index is -0.0797. The summed E-state index contributed by atoms with van der Waals surface area (Å²) in [6, 6.07) is 6.19. The number of amides is 1. The molecule has 1 atom stereocenters. The SMILES string of the molecule is COc1cccc(C2CC(=O)Nc3c2cnn3C2CCCC2)c1OC. The van der Waals surface area contributed by atoms with Crippen LogP contribution in [0.3, 0.4) is 0 Å². The van der Waals surface area contributed by atoms with Crippen molar-refractivity contribution in [2.75, 3.05) is 19.5 Å². The van der Waals surface area contributed by atoms with Crippen molar-refractivity contribution in [3.63, 3.8) is 0 Å². The van der Waals surface area contributed by atoms with Gasteiger partial charge >= 0.3 is 0 Å². The molecule has 2 heterocycles. The summed E-state index contributed by atoms with van der Waals surface area (Å²) in [4.78, 5) is 12.4. The Kier molecular flexibility index (Phi) is 4.11. The van der Waals surface area contributed by atoms with Crippen molar-refractivity contribution in [1.29, 1.82) is 0 Å². The van der Waals surface area contributed by atoms with Crippen molar-refractivity contribution in [1.82, 2.24) is 9.78 Å². The Morgan fingerprint density at radius 1 is 1.16 bits per heavy atom. The normalized spacial score (nSPS) is 20.2. The average molecular weight is 341 g/mol. The topological polar surface area (TPSA) is 65.4 Å². The van der Waals surface area contributed by atoms with Crippen LogP contribution in [0, 0.1) is 0 Å². The third-order valence-corrected chi connectivity index (χ3v) is 5.33. The Morgan fingerprint density at radius 3 is 2.68 bits per heavy atom. The van der Waals surface area contributed by atoms with Crippen LogP contribution in [0.4, 0.5) is 5.82 Å². The number of nitrogens with one attached hydrogen (secondary N) is 1. The molecular formula is C19H23N3O3. The quantitative estimate of drug-likeness (QED) is 0.924. The predicted octanol–water partition coefficient (Wildman–Crippen LogP) is 3.49. The molecule has 1 aromatic carbocycles. The van der Waals surface area contributed by atoms with Crippen molar-refractivity contribution in [2.24, 2.45) is 0 Å². The van der Waals surface area contributed by atoms with Crippen LogP contribution in [0.1, 0.15) is 55.2 Å². The number of benzene rings is 1. The van der Waals surface area contributed by atoms with Crippen LogP contribution in [0.15, 0.2) is 24.4 Å². The van der Waals surface area contributed by atoms with Gasteiger partial charge in [0.25, 0.3) is 0 Å². The van der Waals surface area contributed by atoms with Gasteiger partial charge in [-0.15, -0.1) is 0 Å². The fourth-order valence-electron chi connectivity index (χ4n) is 4.13. The number of rotatable bonds is 4. The maximum absolute atomic E-state index is 12.4. The molecule has 132 valence electrons. The number of ether oxygens (including phenoxy) is 2. The molecule has 1 aliphatic heterocycles. The summed E-state index contributed by atoms with van der Waals surface area (Å²) in [6.07, 6.45) is 6.97. The molecule has 4 rings (SSSR count). The van der Waals surface area contributed by atoms with E-state index in [0.717, 1.165) is 29.8 Å². The van der Waals surface area contributed by atoms with Crippen LogP contribution in [-0.2, 0) is 4.79 Å². The van der Waals surface area contributed by atoms with Crippen LogP contribution in [0.2, 0.25) is 0 Å². The molecule has 0 saturated heterocycles. The van der Waals surface area contributed by atoms with Gasteiger partial charge in [-0.2, -0.15) is 5.10 Å². The fraction of sp³-hybridized carbons (Fsp3) is 0.474. The van der Waals surface area contributed by atoms with Crippen LogP contribution in [-0.4, -0.2) is 29.9 Å². The first-order chi connectivity index (χ1) is 12.2. The highest BCUT2D eigenvalue weighted by Gasteiger charge is 2.34. The van der Waals surface area contributed by atoms with Gasteiger partial charge in [0.15, 0.2) is 11.5 Å². The number of para-hydroxylation sites is 1. The highest BCUT2D eigenvalue weighted by atomic mass is 16.5. The van der Waals surface area contributed by atoms with E-state index in [2.05, 4.69) is 10.4 Å². The molecule has 1 N–H and O–H groups in total. The number of fused-ring (bicyclic) bond motifs is 1. The summed E-state index contributed by atoms with van der Waals surface area (Å²) in [5.74, 6) is 2.14. The molecular weight excluding hydrogens is 318 g/mol. The smallest absolute Gasteiger partial charge is 0.226 e. The zero-order valence-corrected chi connectivity index (χ0v) is 14.6. The van der Waals surface area contributed by atoms with E-state index in [1.54, 1.807) is 14.2 Å². The van der Waals surface area contributed by atoms with Crippen LogP contribution >= 0.6 is 0 Å². The van der Waals surface area contributed by atoms with Gasteiger partial charge in [-0.25, -0.2) is 4.68 Å². The Balaban J connectivity index is 1.80. The number of aromatic nitrogens is 2. The predicted molar refractivity (Wildman–Crippen MR) is 94.4 cm³/mol. The van der Waals surface area contributed by atoms with Gasteiger partial charge in [-0.3, -0.25) is 4.79 Å². The highest BCUT2D eigenvalue weighted by Crippen LogP contribution is 2.45. The number of carbonyl (C=O) groups excluding carboxylic acids is 1. The maximum Gasteiger partial charge on any atom is 0.226 e. The van der Waals surface area contributed by atoms with Crippen LogP contribution < -0.4 is 14.8 Å². The van der Waals surface area contributed by atoms with Crippen molar-refractivity contribution < 1.29 is 14.3 Å². The van der Waals surface area contributed by atoms with E-state index in [0.29, 0.717) is 24.0 Å². The molecule has 0 spiro atoms. The number of anilines is 1. The van der Waals surface area contributed by atoms with Gasteiger partial charge in [0, 0.05) is 23.5 Å². The Labute approximate surface area is 147 Å². The standard InChI is InChI=1S/C19H23N3O3/c1-24-16-9-5-8-13(18(16)25-2)14-10-17(23)21-19-15(14)11-20-22(19)12-6-3-4-7-12/h5,8-9,11-12,14H,3-4,6-7,10H2,1-2H3,(H,21,23). The molecule has 1 saturated carbocycles. The van der Waals surface area contributed by atoms with Gasteiger partial charge in [0.05, 0.1) is 26.5 Å². The second kappa shape index (κ2) is 6.43. The zero-order chi connectivity index (χ0) is 17.4. The van der Waals surface area contributed by atoms with E-state index < -0.39 is 0 Å². The largest absolute Gasteiger partial charge is 0.493 e. The third-order valence-electron chi connectivity index (χ3n) is 5.33. The first-order valence-corrected chi connectivity index (χ1v) is 8.81. The Morgan fingerprint density at radius 2 is 1.96 bits per heavy atom. The lowest BCUT2D eigenvalue weighted by Gasteiger charge is -2.26. The summed E-state index contributed by atoms with van der Waals surface area (Å²) in [6.45, 7) is 0. The molecule has 0 bridgehead atoms. The van der Waals surface area contributed by atoms with E-state index in [1.807, 2.05) is 29.1 Å². The second-order valence-corrected chi connectivity index (χ2v) is 6.72. The monoisotopic (exact) mass is 341 g/mol. The molecule has 1 fully saturated rings. The zero-order valence-electron chi connectivity index (χ0n) is 14.6. The van der Waals surface area contributed by atoms with Crippen molar-refractivity contribution >= 4 is 11.7 Å². The first-order valence-electron chi connectivity index (χ1n) is 8.81. The number of hydrogen-bond donors (Lipinski definition) is 1. The van der Waals surface area contributed by atoms with Crippen LogP contribution in [0.5, 0.6) is 11.5 Å². The summed E-state index contributed by atoms with van der Waals surface area (Å²) in [5.41, 5.74) is 2.02. The summed E-state index contributed by atoms with van der Waals surface area (Å²) < 4.78 is 13.0. The molecule has 2 aliphatic rings.